The van der Waals surface area contributed by atoms with Gasteiger partial charge in [0, 0.05) is 66.2 Å². The number of fused-ring (bicyclic) bond motifs is 2. The molecule has 6 aromatic rings. The molecule has 5 aromatic heterocycles. The number of alkyl halides is 2. The van der Waals surface area contributed by atoms with Crippen molar-refractivity contribution in [2.45, 2.75) is 25.8 Å². The molecule has 0 radical (unpaired) electrons. The number of likely N-dealkylation sites (tertiary alicyclic amines) is 1. The summed E-state index contributed by atoms with van der Waals surface area (Å²) >= 11 is 0. The number of nitrogens with one attached hydrogen (secondary N) is 2. The van der Waals surface area contributed by atoms with Gasteiger partial charge in [0.25, 0.3) is 5.92 Å². The summed E-state index contributed by atoms with van der Waals surface area (Å²) in [4.78, 5) is 18.5. The van der Waals surface area contributed by atoms with Crippen molar-refractivity contribution in [2.75, 3.05) is 13.1 Å². The van der Waals surface area contributed by atoms with Crippen LogP contribution in [0.25, 0.3) is 55.7 Å². The lowest BCUT2D eigenvalue weighted by molar-refractivity contribution is 0.0115. The van der Waals surface area contributed by atoms with E-state index in [0.29, 0.717) is 24.4 Å². The van der Waals surface area contributed by atoms with Gasteiger partial charge in [-0.1, -0.05) is 6.07 Å². The van der Waals surface area contributed by atoms with Crippen molar-refractivity contribution in [3.8, 4) is 33.6 Å². The van der Waals surface area contributed by atoms with Crippen LogP contribution in [-0.2, 0) is 6.54 Å². The molecule has 1 aliphatic heterocycles. The molecule has 1 aromatic carbocycles. The van der Waals surface area contributed by atoms with Crippen molar-refractivity contribution < 1.29 is 13.2 Å². The number of halogens is 3. The van der Waals surface area contributed by atoms with E-state index in [1.807, 2.05) is 37.3 Å². The standard InChI is InChI=1S/C30H24F3N7/c1-17-6-19(9-22(31)7-17)23-2-4-35-28-24(23)11-26(37-28)27-25-10-21(14-36-29(25)39-38-27)20-8-18(12-34-13-20)15-40-5-3-30(32,33)16-40/h2,4,6-14H,3,5,15-16H2,1H3,(H,35,37)(H,36,38,39). The van der Waals surface area contributed by atoms with Gasteiger partial charge < -0.3 is 4.98 Å². The zero-order valence-electron chi connectivity index (χ0n) is 21.5. The first-order chi connectivity index (χ1) is 19.3. The second-order valence-electron chi connectivity index (χ2n) is 10.4. The average Bonchev–Trinajstić information content (AvgIpc) is 3.63. The number of rotatable bonds is 5. The van der Waals surface area contributed by atoms with Gasteiger partial charge in [-0.05, 0) is 65.6 Å². The van der Waals surface area contributed by atoms with Gasteiger partial charge in [0.1, 0.15) is 11.5 Å². The van der Waals surface area contributed by atoms with Gasteiger partial charge in [0.05, 0.1) is 17.9 Å². The van der Waals surface area contributed by atoms with Crippen LogP contribution >= 0.6 is 0 Å². The van der Waals surface area contributed by atoms with Crippen LogP contribution in [0, 0.1) is 12.7 Å². The molecule has 0 saturated carbocycles. The van der Waals surface area contributed by atoms with E-state index in [1.54, 1.807) is 29.7 Å². The number of aromatic nitrogens is 6. The third-order valence-electron chi connectivity index (χ3n) is 7.35. The molecule has 200 valence electrons. The molecule has 0 atom stereocenters. The van der Waals surface area contributed by atoms with E-state index >= 15 is 0 Å². The highest BCUT2D eigenvalue weighted by atomic mass is 19.3. The van der Waals surface area contributed by atoms with Crippen LogP contribution in [0.4, 0.5) is 13.2 Å². The zero-order valence-corrected chi connectivity index (χ0v) is 21.5. The summed E-state index contributed by atoms with van der Waals surface area (Å²) in [5.74, 6) is -2.92. The summed E-state index contributed by atoms with van der Waals surface area (Å²) in [5.41, 5.74) is 7.76. The van der Waals surface area contributed by atoms with E-state index in [1.165, 1.54) is 12.1 Å². The maximum absolute atomic E-state index is 14.2. The fourth-order valence-corrected chi connectivity index (χ4v) is 5.50. The van der Waals surface area contributed by atoms with Gasteiger partial charge in [0.15, 0.2) is 5.65 Å². The van der Waals surface area contributed by atoms with E-state index in [9.17, 15) is 13.2 Å². The van der Waals surface area contributed by atoms with Crippen LogP contribution in [0.1, 0.15) is 17.5 Å². The fourth-order valence-electron chi connectivity index (χ4n) is 5.50. The smallest absolute Gasteiger partial charge is 0.261 e. The molecule has 40 heavy (non-hydrogen) atoms. The van der Waals surface area contributed by atoms with Crippen molar-refractivity contribution in [3.63, 3.8) is 0 Å². The minimum atomic E-state index is -2.63. The molecule has 1 saturated heterocycles. The Hall–Kier alpha value is -4.57. The normalized spacial score (nSPS) is 15.4. The number of nitrogens with zero attached hydrogens (tertiary/aromatic N) is 5. The fraction of sp³-hybridized carbons (Fsp3) is 0.200. The van der Waals surface area contributed by atoms with Crippen molar-refractivity contribution >= 4 is 22.1 Å². The molecular weight excluding hydrogens is 515 g/mol. The Labute approximate surface area is 227 Å². The highest BCUT2D eigenvalue weighted by Crippen LogP contribution is 2.35. The Morgan fingerprint density at radius 1 is 0.950 bits per heavy atom. The summed E-state index contributed by atoms with van der Waals surface area (Å²) < 4.78 is 41.5. The Kier molecular flexibility index (Phi) is 5.67. The van der Waals surface area contributed by atoms with Crippen LogP contribution < -0.4 is 0 Å². The van der Waals surface area contributed by atoms with Gasteiger partial charge in [-0.15, -0.1) is 0 Å². The van der Waals surface area contributed by atoms with Crippen LogP contribution in [0.2, 0.25) is 0 Å². The minimum Gasteiger partial charge on any atom is -0.338 e. The summed E-state index contributed by atoms with van der Waals surface area (Å²) in [6.45, 7) is 2.41. The summed E-state index contributed by atoms with van der Waals surface area (Å²) in [6.07, 6.45) is 6.77. The van der Waals surface area contributed by atoms with Gasteiger partial charge >= 0.3 is 0 Å². The van der Waals surface area contributed by atoms with Crippen LogP contribution in [0.5, 0.6) is 0 Å². The lowest BCUT2D eigenvalue weighted by atomic mass is 10.0. The first-order valence-electron chi connectivity index (χ1n) is 13.0. The molecule has 2 N–H and O–H groups in total. The number of benzene rings is 1. The van der Waals surface area contributed by atoms with E-state index in [-0.39, 0.29) is 18.8 Å². The monoisotopic (exact) mass is 539 g/mol. The van der Waals surface area contributed by atoms with Gasteiger partial charge in [-0.25, -0.2) is 23.1 Å². The Morgan fingerprint density at radius 3 is 2.65 bits per heavy atom. The molecule has 6 heterocycles. The average molecular weight is 540 g/mol. The maximum atomic E-state index is 14.2. The van der Waals surface area contributed by atoms with Crippen molar-refractivity contribution in [3.05, 3.63) is 84.2 Å². The summed E-state index contributed by atoms with van der Waals surface area (Å²) in [6, 6.07) is 12.8. The zero-order chi connectivity index (χ0) is 27.4. The van der Waals surface area contributed by atoms with E-state index < -0.39 is 5.92 Å². The van der Waals surface area contributed by atoms with Crippen LogP contribution in [-0.4, -0.2) is 54.0 Å². The predicted octanol–water partition coefficient (Wildman–Crippen LogP) is 6.52. The first kappa shape index (κ1) is 24.5. The van der Waals surface area contributed by atoms with Crippen LogP contribution in [0.3, 0.4) is 0 Å². The molecule has 1 fully saturated rings. The van der Waals surface area contributed by atoms with E-state index in [2.05, 4.69) is 30.1 Å². The molecular formula is C30H24F3N7. The Balaban J connectivity index is 1.25. The third-order valence-corrected chi connectivity index (χ3v) is 7.35. The molecule has 0 unspecified atom stereocenters. The molecule has 0 amide bonds. The molecule has 10 heteroatoms. The number of hydrogen-bond acceptors (Lipinski definition) is 5. The number of pyridine rings is 3. The largest absolute Gasteiger partial charge is 0.338 e. The number of hydrogen-bond donors (Lipinski definition) is 2. The highest BCUT2D eigenvalue weighted by molar-refractivity contribution is 5.99. The molecule has 1 aliphatic rings. The number of aromatic amines is 2. The summed E-state index contributed by atoms with van der Waals surface area (Å²) in [5, 5.41) is 9.14. The second-order valence-corrected chi connectivity index (χ2v) is 10.4. The second kappa shape index (κ2) is 9.27. The molecule has 7 rings (SSSR count). The molecule has 7 nitrogen and oxygen atoms in total. The predicted molar refractivity (Wildman–Crippen MR) is 147 cm³/mol. The van der Waals surface area contributed by atoms with E-state index in [4.69, 9.17) is 0 Å². The lowest BCUT2D eigenvalue weighted by Gasteiger charge is -2.15. The molecule has 0 spiro atoms. The first-order valence-corrected chi connectivity index (χ1v) is 13.0. The van der Waals surface area contributed by atoms with Crippen LogP contribution in [0.15, 0.2) is 67.3 Å². The van der Waals surface area contributed by atoms with Gasteiger partial charge in [-0.3, -0.25) is 15.0 Å². The quantitative estimate of drug-likeness (QED) is 0.261. The number of aryl methyl sites for hydroxylation is 1. The summed E-state index contributed by atoms with van der Waals surface area (Å²) in [7, 11) is 0. The maximum Gasteiger partial charge on any atom is 0.261 e. The van der Waals surface area contributed by atoms with Crippen molar-refractivity contribution in [1.82, 2.24) is 35.0 Å². The van der Waals surface area contributed by atoms with Gasteiger partial charge in [-0.2, -0.15) is 5.10 Å². The van der Waals surface area contributed by atoms with Crippen molar-refractivity contribution in [1.29, 1.82) is 0 Å². The highest BCUT2D eigenvalue weighted by Gasteiger charge is 2.37. The lowest BCUT2D eigenvalue weighted by Crippen LogP contribution is -2.24. The number of H-pyrrole nitrogens is 2. The Morgan fingerprint density at radius 2 is 1.82 bits per heavy atom. The van der Waals surface area contributed by atoms with Crippen molar-refractivity contribution in [2.24, 2.45) is 0 Å². The van der Waals surface area contributed by atoms with E-state index in [0.717, 1.165) is 55.5 Å². The minimum absolute atomic E-state index is 0.114. The Bertz CT molecular complexity index is 1870. The van der Waals surface area contributed by atoms with Gasteiger partial charge in [0.2, 0.25) is 0 Å². The SMILES string of the molecule is Cc1cc(F)cc(-c2ccnc3[nH]c(-c4[nH]nc5ncc(-c6cncc(CN7CCC(F)(F)C7)c6)cc45)cc23)c1. The molecule has 0 bridgehead atoms. The topological polar surface area (TPSA) is 86.4 Å². The third kappa shape index (κ3) is 4.50. The molecule has 0 aliphatic carbocycles.